The minimum Gasteiger partial charge on any atom is -0.480 e. The van der Waals surface area contributed by atoms with Crippen LogP contribution in [-0.4, -0.2) is 40.4 Å². The van der Waals surface area contributed by atoms with Crippen LogP contribution in [0.5, 0.6) is 0 Å². The quantitative estimate of drug-likeness (QED) is 0.818. The molecule has 2 amide bonds. The van der Waals surface area contributed by atoms with E-state index in [0.29, 0.717) is 0 Å². The van der Waals surface area contributed by atoms with E-state index in [1.165, 1.54) is 29.2 Å². The number of rotatable bonds is 5. The highest BCUT2D eigenvalue weighted by Gasteiger charge is 2.21. The standard InChI is InChI=1S/C13H16N2O4/c1-8(2)15(7-11(16)17)13(19)10-5-3-4-9(6-10)12(14)18/h3-6,8H,7H2,1-2H3,(H2,14,18)(H,16,17). The zero-order chi connectivity index (χ0) is 14.6. The molecular formula is C13H16N2O4. The van der Waals surface area contributed by atoms with E-state index in [1.807, 2.05) is 0 Å². The minimum absolute atomic E-state index is 0.213. The maximum Gasteiger partial charge on any atom is 0.323 e. The summed E-state index contributed by atoms with van der Waals surface area (Å²) in [5.41, 5.74) is 5.60. The number of aliphatic carboxylic acids is 1. The lowest BCUT2D eigenvalue weighted by Gasteiger charge is -2.25. The Morgan fingerprint density at radius 3 is 2.32 bits per heavy atom. The molecule has 0 aliphatic carbocycles. The third kappa shape index (κ3) is 3.80. The van der Waals surface area contributed by atoms with Gasteiger partial charge in [-0.15, -0.1) is 0 Å². The van der Waals surface area contributed by atoms with E-state index < -0.39 is 24.3 Å². The first kappa shape index (κ1) is 14.7. The Hall–Kier alpha value is -2.37. The lowest BCUT2D eigenvalue weighted by atomic mass is 10.1. The van der Waals surface area contributed by atoms with Crippen molar-refractivity contribution >= 4 is 17.8 Å². The van der Waals surface area contributed by atoms with Crippen molar-refractivity contribution in [3.8, 4) is 0 Å². The average molecular weight is 264 g/mol. The predicted octanol–water partition coefficient (Wildman–Crippen LogP) is 0.721. The second kappa shape index (κ2) is 5.99. The van der Waals surface area contributed by atoms with Crippen molar-refractivity contribution in [3.05, 3.63) is 35.4 Å². The Balaban J connectivity index is 3.05. The largest absolute Gasteiger partial charge is 0.480 e. The summed E-state index contributed by atoms with van der Waals surface area (Å²) in [5.74, 6) is -2.17. The zero-order valence-corrected chi connectivity index (χ0v) is 10.8. The van der Waals surface area contributed by atoms with Crippen LogP contribution in [0.1, 0.15) is 34.6 Å². The molecule has 0 unspecified atom stereocenters. The third-order valence-corrected chi connectivity index (χ3v) is 2.58. The fraction of sp³-hybridized carbons (Fsp3) is 0.308. The summed E-state index contributed by atoms with van der Waals surface area (Å²) in [6.45, 7) is 3.05. The molecule has 1 aromatic rings. The van der Waals surface area contributed by atoms with Gasteiger partial charge in [-0.2, -0.15) is 0 Å². The first-order valence-electron chi connectivity index (χ1n) is 5.75. The zero-order valence-electron chi connectivity index (χ0n) is 10.8. The third-order valence-electron chi connectivity index (χ3n) is 2.58. The minimum atomic E-state index is -1.09. The van der Waals surface area contributed by atoms with Crippen LogP contribution in [0.25, 0.3) is 0 Å². The van der Waals surface area contributed by atoms with E-state index in [-0.39, 0.29) is 17.2 Å². The van der Waals surface area contributed by atoms with Gasteiger partial charge >= 0.3 is 5.97 Å². The topological polar surface area (TPSA) is 101 Å². The Bertz CT molecular complexity index is 511. The van der Waals surface area contributed by atoms with Crippen molar-refractivity contribution in [2.45, 2.75) is 19.9 Å². The fourth-order valence-corrected chi connectivity index (χ4v) is 1.61. The molecule has 6 heteroatoms. The average Bonchev–Trinajstić information content (AvgIpc) is 2.34. The summed E-state index contributed by atoms with van der Waals surface area (Å²) in [6.07, 6.45) is 0. The van der Waals surface area contributed by atoms with Crippen molar-refractivity contribution in [3.63, 3.8) is 0 Å². The fourth-order valence-electron chi connectivity index (χ4n) is 1.61. The molecule has 3 N–H and O–H groups in total. The summed E-state index contributed by atoms with van der Waals surface area (Å²) in [5, 5.41) is 8.80. The van der Waals surface area contributed by atoms with Crippen molar-refractivity contribution < 1.29 is 19.5 Å². The van der Waals surface area contributed by atoms with Crippen molar-refractivity contribution in [2.75, 3.05) is 6.54 Å². The molecule has 0 radical (unpaired) electrons. The molecule has 102 valence electrons. The van der Waals surface area contributed by atoms with E-state index >= 15 is 0 Å². The molecular weight excluding hydrogens is 248 g/mol. The van der Waals surface area contributed by atoms with Gasteiger partial charge in [0.2, 0.25) is 5.91 Å². The molecule has 0 bridgehead atoms. The molecule has 0 spiro atoms. The van der Waals surface area contributed by atoms with Gasteiger partial charge in [0.15, 0.2) is 0 Å². The van der Waals surface area contributed by atoms with E-state index in [4.69, 9.17) is 10.8 Å². The summed E-state index contributed by atoms with van der Waals surface area (Å²) in [6, 6.07) is 5.65. The van der Waals surface area contributed by atoms with Crippen LogP contribution in [0.4, 0.5) is 0 Å². The van der Waals surface area contributed by atoms with Gasteiger partial charge in [-0.1, -0.05) is 6.07 Å². The number of amides is 2. The first-order chi connectivity index (χ1) is 8.82. The number of nitrogens with zero attached hydrogens (tertiary/aromatic N) is 1. The number of carboxylic acid groups (broad SMARTS) is 1. The molecule has 0 saturated carbocycles. The summed E-state index contributed by atoms with van der Waals surface area (Å²) >= 11 is 0. The van der Waals surface area contributed by atoms with Gasteiger partial charge < -0.3 is 15.7 Å². The molecule has 0 atom stereocenters. The Morgan fingerprint density at radius 1 is 1.26 bits per heavy atom. The number of benzene rings is 1. The van der Waals surface area contributed by atoms with Crippen LogP contribution in [0.3, 0.4) is 0 Å². The summed E-state index contributed by atoms with van der Waals surface area (Å²) in [7, 11) is 0. The predicted molar refractivity (Wildman–Crippen MR) is 68.8 cm³/mol. The van der Waals surface area contributed by atoms with Gasteiger partial charge in [-0.05, 0) is 32.0 Å². The van der Waals surface area contributed by atoms with E-state index in [0.717, 1.165) is 0 Å². The van der Waals surface area contributed by atoms with Gasteiger partial charge in [0.05, 0.1) is 0 Å². The van der Waals surface area contributed by atoms with Gasteiger partial charge in [0, 0.05) is 17.2 Å². The molecule has 0 heterocycles. The maximum absolute atomic E-state index is 12.2. The lowest BCUT2D eigenvalue weighted by Crippen LogP contribution is -2.40. The second-order valence-corrected chi connectivity index (χ2v) is 4.37. The normalized spacial score (nSPS) is 10.3. The van der Waals surface area contributed by atoms with Gasteiger partial charge in [0.25, 0.3) is 5.91 Å². The number of nitrogens with two attached hydrogens (primary N) is 1. The molecule has 1 rings (SSSR count). The molecule has 0 aromatic heterocycles. The SMILES string of the molecule is CC(C)N(CC(=O)O)C(=O)c1cccc(C(N)=O)c1. The van der Waals surface area contributed by atoms with Gasteiger partial charge in [-0.25, -0.2) is 0 Å². The number of primary amides is 1. The van der Waals surface area contributed by atoms with E-state index in [2.05, 4.69) is 0 Å². The van der Waals surface area contributed by atoms with Crippen molar-refractivity contribution in [1.29, 1.82) is 0 Å². The van der Waals surface area contributed by atoms with Crippen LogP contribution < -0.4 is 5.73 Å². The van der Waals surface area contributed by atoms with Crippen molar-refractivity contribution in [2.24, 2.45) is 5.73 Å². The second-order valence-electron chi connectivity index (χ2n) is 4.37. The van der Waals surface area contributed by atoms with Gasteiger partial charge in [-0.3, -0.25) is 14.4 Å². The maximum atomic E-state index is 12.2. The van der Waals surface area contributed by atoms with Crippen molar-refractivity contribution in [1.82, 2.24) is 4.90 Å². The molecule has 0 saturated heterocycles. The summed E-state index contributed by atoms with van der Waals surface area (Å²) < 4.78 is 0. The van der Waals surface area contributed by atoms with E-state index in [1.54, 1.807) is 13.8 Å². The van der Waals surface area contributed by atoms with Crippen LogP contribution >= 0.6 is 0 Å². The Kier molecular flexibility index (Phi) is 4.63. The Labute approximate surface area is 110 Å². The highest BCUT2D eigenvalue weighted by molar-refractivity contribution is 5.99. The highest BCUT2D eigenvalue weighted by atomic mass is 16.4. The number of carbonyl (C=O) groups excluding carboxylic acids is 2. The number of carboxylic acids is 1. The van der Waals surface area contributed by atoms with Crippen LogP contribution in [0, 0.1) is 0 Å². The molecule has 0 aliphatic rings. The summed E-state index contributed by atoms with van der Waals surface area (Å²) in [4.78, 5) is 35.2. The number of hydrogen-bond acceptors (Lipinski definition) is 3. The number of hydrogen-bond donors (Lipinski definition) is 2. The van der Waals surface area contributed by atoms with E-state index in [9.17, 15) is 14.4 Å². The molecule has 1 aromatic carbocycles. The monoisotopic (exact) mass is 264 g/mol. The Morgan fingerprint density at radius 2 is 1.84 bits per heavy atom. The van der Waals surface area contributed by atoms with Crippen LogP contribution in [-0.2, 0) is 4.79 Å². The lowest BCUT2D eigenvalue weighted by molar-refractivity contribution is -0.138. The smallest absolute Gasteiger partial charge is 0.323 e. The molecule has 0 fully saturated rings. The molecule has 0 aliphatic heterocycles. The highest BCUT2D eigenvalue weighted by Crippen LogP contribution is 2.10. The van der Waals surface area contributed by atoms with Gasteiger partial charge in [0.1, 0.15) is 6.54 Å². The molecule has 19 heavy (non-hydrogen) atoms. The molecule has 6 nitrogen and oxygen atoms in total. The number of carbonyl (C=O) groups is 3. The first-order valence-corrected chi connectivity index (χ1v) is 5.75. The van der Waals surface area contributed by atoms with Crippen LogP contribution in [0.2, 0.25) is 0 Å². The van der Waals surface area contributed by atoms with Crippen LogP contribution in [0.15, 0.2) is 24.3 Å².